The van der Waals surface area contributed by atoms with Gasteiger partial charge in [-0.05, 0) is 6.08 Å². The van der Waals surface area contributed by atoms with Gasteiger partial charge in [0.2, 0.25) is 0 Å². The maximum atomic E-state index is 10.5. The van der Waals surface area contributed by atoms with E-state index in [-0.39, 0.29) is 3.92 Å². The van der Waals surface area contributed by atoms with Crippen molar-refractivity contribution in [3.05, 3.63) is 23.8 Å². The van der Waals surface area contributed by atoms with Gasteiger partial charge in [0.25, 0.3) is 0 Å². The van der Waals surface area contributed by atoms with Gasteiger partial charge in [0.05, 0.1) is 9.50 Å². The third kappa shape index (κ3) is 2.19. The first kappa shape index (κ1) is 10.5. The summed E-state index contributed by atoms with van der Waals surface area (Å²) in [5.74, 6) is -0.903. The van der Waals surface area contributed by atoms with E-state index >= 15 is 0 Å². The van der Waals surface area contributed by atoms with Gasteiger partial charge >= 0.3 is 5.97 Å². The van der Waals surface area contributed by atoms with Crippen molar-refractivity contribution in [1.29, 1.82) is 0 Å². The van der Waals surface area contributed by atoms with E-state index in [1.54, 1.807) is 18.2 Å². The number of carbonyl (C=O) groups is 1. The normalized spacial score (nSPS) is 34.6. The molecule has 2 atom stereocenters. The van der Waals surface area contributed by atoms with Crippen molar-refractivity contribution in [1.82, 2.24) is 0 Å². The quantitative estimate of drug-likeness (QED) is 0.405. The molecule has 1 rings (SSSR count). The lowest BCUT2D eigenvalue weighted by atomic mass is 10.0. The first-order valence-electron chi connectivity index (χ1n) is 3.19. The maximum absolute atomic E-state index is 10.5. The Kier molecular flexibility index (Phi) is 3.16. The summed E-state index contributed by atoms with van der Waals surface area (Å²) in [6, 6.07) is 0. The Bertz CT molecular complexity index is 271. The highest BCUT2D eigenvalue weighted by Gasteiger charge is 2.29. The molecule has 3 nitrogen and oxygen atoms in total. The van der Waals surface area contributed by atoms with E-state index in [4.69, 9.17) is 10.8 Å². The molecule has 0 aliphatic heterocycles. The van der Waals surface area contributed by atoms with Crippen molar-refractivity contribution in [3.8, 4) is 0 Å². The number of halogens is 2. The zero-order chi connectivity index (χ0) is 9.35. The Hall–Kier alpha value is 0.370. The van der Waals surface area contributed by atoms with E-state index < -0.39 is 9.51 Å². The van der Waals surface area contributed by atoms with Crippen molar-refractivity contribution < 1.29 is 9.90 Å². The van der Waals surface area contributed by atoms with Crippen LogP contribution in [0.3, 0.4) is 0 Å². The standard InChI is InChI=1S/C7H7I2NO2/c8-5-3-4(6(11)12)1-2-7(5,9)10/h1-3,5H,10H2,(H,11,12). The molecule has 0 saturated carbocycles. The fraction of sp³-hybridized carbons (Fsp3) is 0.286. The van der Waals surface area contributed by atoms with Crippen LogP contribution in [-0.4, -0.2) is 18.5 Å². The third-order valence-electron chi connectivity index (χ3n) is 1.51. The Morgan fingerprint density at radius 1 is 1.75 bits per heavy atom. The lowest BCUT2D eigenvalue weighted by Crippen LogP contribution is -2.40. The molecular formula is C7H7I2NO2. The van der Waals surface area contributed by atoms with Crippen LogP contribution in [0.5, 0.6) is 0 Å². The average Bonchev–Trinajstić information content (AvgIpc) is 1.94. The van der Waals surface area contributed by atoms with Crippen LogP contribution < -0.4 is 5.73 Å². The molecule has 0 aromatic heterocycles. The first-order chi connectivity index (χ1) is 5.43. The monoisotopic (exact) mass is 391 g/mol. The fourth-order valence-electron chi connectivity index (χ4n) is 0.793. The summed E-state index contributed by atoms with van der Waals surface area (Å²) in [6.07, 6.45) is 4.92. The number of aliphatic carboxylic acids is 1. The molecule has 0 spiro atoms. The molecular weight excluding hydrogens is 384 g/mol. The minimum Gasteiger partial charge on any atom is -0.478 e. The molecule has 66 valence electrons. The highest BCUT2D eigenvalue weighted by Crippen LogP contribution is 2.31. The van der Waals surface area contributed by atoms with Gasteiger partial charge in [0.15, 0.2) is 0 Å². The zero-order valence-electron chi connectivity index (χ0n) is 6.00. The number of hydrogen-bond donors (Lipinski definition) is 2. The summed E-state index contributed by atoms with van der Waals surface area (Å²) in [7, 11) is 0. The van der Waals surface area contributed by atoms with Gasteiger partial charge in [-0.25, -0.2) is 4.79 Å². The highest BCUT2D eigenvalue weighted by atomic mass is 127. The van der Waals surface area contributed by atoms with Crippen molar-refractivity contribution in [2.45, 2.75) is 7.47 Å². The van der Waals surface area contributed by atoms with Crippen molar-refractivity contribution >= 4 is 51.2 Å². The Morgan fingerprint density at radius 2 is 2.33 bits per heavy atom. The van der Waals surface area contributed by atoms with Crippen LogP contribution in [0, 0.1) is 0 Å². The van der Waals surface area contributed by atoms with Gasteiger partial charge in [0.1, 0.15) is 3.55 Å². The summed E-state index contributed by atoms with van der Waals surface area (Å²) in [5, 5.41) is 8.66. The maximum Gasteiger partial charge on any atom is 0.335 e. The Labute approximate surface area is 97.4 Å². The van der Waals surface area contributed by atoms with Gasteiger partial charge in [-0.1, -0.05) is 57.3 Å². The minimum absolute atomic E-state index is 0.0202. The highest BCUT2D eigenvalue weighted by molar-refractivity contribution is 14.1. The van der Waals surface area contributed by atoms with Crippen LogP contribution in [0.15, 0.2) is 23.8 Å². The number of hydrogen-bond acceptors (Lipinski definition) is 2. The van der Waals surface area contributed by atoms with Crippen LogP contribution in [0.4, 0.5) is 0 Å². The molecule has 0 aromatic carbocycles. The van der Waals surface area contributed by atoms with Gasteiger partial charge in [-0.2, -0.15) is 0 Å². The largest absolute Gasteiger partial charge is 0.478 e. The minimum atomic E-state index is -0.903. The molecule has 3 N–H and O–H groups in total. The van der Waals surface area contributed by atoms with Gasteiger partial charge < -0.3 is 10.8 Å². The number of nitrogens with two attached hydrogens (primary N) is 1. The number of alkyl halides is 2. The lowest BCUT2D eigenvalue weighted by Gasteiger charge is -2.25. The van der Waals surface area contributed by atoms with E-state index in [0.717, 1.165) is 0 Å². The fourth-order valence-corrected chi connectivity index (χ4v) is 1.75. The second-order valence-electron chi connectivity index (χ2n) is 2.49. The molecule has 0 radical (unpaired) electrons. The third-order valence-corrected chi connectivity index (χ3v) is 5.13. The summed E-state index contributed by atoms with van der Waals surface area (Å²) in [6.45, 7) is 0. The smallest absolute Gasteiger partial charge is 0.335 e. The van der Waals surface area contributed by atoms with Gasteiger partial charge in [0, 0.05) is 0 Å². The van der Waals surface area contributed by atoms with E-state index in [1.165, 1.54) is 0 Å². The van der Waals surface area contributed by atoms with Crippen LogP contribution >= 0.6 is 45.2 Å². The number of rotatable bonds is 1. The summed E-state index contributed by atoms with van der Waals surface area (Å²) >= 11 is 4.22. The summed E-state index contributed by atoms with van der Waals surface area (Å²) in [4.78, 5) is 10.5. The Balaban J connectivity index is 2.91. The van der Waals surface area contributed by atoms with Crippen molar-refractivity contribution in [2.24, 2.45) is 5.73 Å². The average molecular weight is 391 g/mol. The van der Waals surface area contributed by atoms with E-state index in [9.17, 15) is 4.79 Å². The molecule has 12 heavy (non-hydrogen) atoms. The topological polar surface area (TPSA) is 63.3 Å². The van der Waals surface area contributed by atoms with E-state index in [0.29, 0.717) is 5.57 Å². The van der Waals surface area contributed by atoms with Crippen LogP contribution in [-0.2, 0) is 4.79 Å². The van der Waals surface area contributed by atoms with Crippen LogP contribution in [0.25, 0.3) is 0 Å². The molecule has 1 aliphatic rings. The number of carboxylic acid groups (broad SMARTS) is 1. The summed E-state index contributed by atoms with van der Waals surface area (Å²) in [5.41, 5.74) is 6.15. The van der Waals surface area contributed by atoms with Crippen LogP contribution in [0.1, 0.15) is 0 Å². The molecule has 0 amide bonds. The van der Waals surface area contributed by atoms with Crippen LogP contribution in [0.2, 0.25) is 0 Å². The summed E-state index contributed by atoms with van der Waals surface area (Å²) < 4.78 is -0.441. The molecule has 0 saturated heterocycles. The zero-order valence-corrected chi connectivity index (χ0v) is 10.3. The Morgan fingerprint density at radius 3 is 2.75 bits per heavy atom. The molecule has 0 heterocycles. The molecule has 0 fully saturated rings. The predicted molar refractivity (Wildman–Crippen MR) is 63.6 cm³/mol. The first-order valence-corrected chi connectivity index (χ1v) is 5.52. The number of carboxylic acids is 1. The van der Waals surface area contributed by atoms with Crippen molar-refractivity contribution in [3.63, 3.8) is 0 Å². The SMILES string of the molecule is NC1(I)C=CC(C(=O)O)=CC1I. The second-order valence-corrected chi connectivity index (χ2v) is 5.70. The molecule has 0 bridgehead atoms. The van der Waals surface area contributed by atoms with Gasteiger partial charge in [-0.3, -0.25) is 0 Å². The second kappa shape index (κ2) is 3.62. The van der Waals surface area contributed by atoms with E-state index in [2.05, 4.69) is 45.2 Å². The van der Waals surface area contributed by atoms with Crippen molar-refractivity contribution in [2.75, 3.05) is 0 Å². The molecule has 1 aliphatic carbocycles. The predicted octanol–water partition coefficient (Wildman–Crippen LogP) is 1.46. The van der Waals surface area contributed by atoms with E-state index in [1.807, 2.05) is 0 Å². The molecule has 2 unspecified atom stereocenters. The lowest BCUT2D eigenvalue weighted by molar-refractivity contribution is -0.132. The molecule has 0 aromatic rings. The molecule has 5 heteroatoms. The van der Waals surface area contributed by atoms with Gasteiger partial charge in [-0.15, -0.1) is 0 Å².